The van der Waals surface area contributed by atoms with E-state index in [9.17, 15) is 4.79 Å². The van der Waals surface area contributed by atoms with Gasteiger partial charge in [0, 0.05) is 5.56 Å². The third kappa shape index (κ3) is 3.65. The van der Waals surface area contributed by atoms with Crippen molar-refractivity contribution in [2.45, 2.75) is 12.8 Å². The molecule has 32 heavy (non-hydrogen) atoms. The van der Waals surface area contributed by atoms with Crippen LogP contribution in [0.15, 0.2) is 95.5 Å². The van der Waals surface area contributed by atoms with Crippen molar-refractivity contribution in [3.05, 3.63) is 108 Å². The van der Waals surface area contributed by atoms with Crippen LogP contribution in [0.3, 0.4) is 0 Å². The Morgan fingerprint density at radius 1 is 0.812 bits per heavy atom. The van der Waals surface area contributed by atoms with Gasteiger partial charge >= 0.3 is 5.97 Å². The second-order valence-corrected chi connectivity index (χ2v) is 7.71. The van der Waals surface area contributed by atoms with E-state index >= 15 is 0 Å². The monoisotopic (exact) mass is 420 g/mol. The summed E-state index contributed by atoms with van der Waals surface area (Å²) in [5.74, 6) is 0.150. The van der Waals surface area contributed by atoms with Crippen molar-refractivity contribution in [1.29, 1.82) is 0 Å². The summed E-state index contributed by atoms with van der Waals surface area (Å²) < 4.78 is 5.62. The Hall–Kier alpha value is -4.25. The molecule has 0 amide bonds. The minimum atomic E-state index is -0.933. The fourth-order valence-corrected chi connectivity index (χ4v) is 3.91. The molecule has 5 aromatic rings. The zero-order chi connectivity index (χ0) is 22.1. The molecule has 0 radical (unpaired) electrons. The lowest BCUT2D eigenvalue weighted by atomic mass is 9.95. The van der Waals surface area contributed by atoms with Crippen LogP contribution in [0.1, 0.15) is 34.7 Å². The van der Waals surface area contributed by atoms with Crippen molar-refractivity contribution < 1.29 is 14.4 Å². The number of aromatic carboxylic acids is 1. The molecule has 0 saturated heterocycles. The molecule has 156 valence electrons. The number of hydrogen-bond acceptors (Lipinski definition) is 4. The maximum absolute atomic E-state index is 11.0. The summed E-state index contributed by atoms with van der Waals surface area (Å²) >= 11 is 0. The fraction of sp³-hybridized carbons (Fsp3) is 0.0741. The molecule has 5 nitrogen and oxygen atoms in total. The van der Waals surface area contributed by atoms with E-state index in [0.29, 0.717) is 11.7 Å². The zero-order valence-corrected chi connectivity index (χ0v) is 17.4. The van der Waals surface area contributed by atoms with Crippen molar-refractivity contribution >= 4 is 16.7 Å². The van der Waals surface area contributed by atoms with Crippen LogP contribution >= 0.6 is 0 Å². The molecule has 4 aromatic carbocycles. The first-order valence-electron chi connectivity index (χ1n) is 10.4. The Morgan fingerprint density at radius 3 is 2.16 bits per heavy atom. The number of carboxylic acids is 1. The smallest absolute Gasteiger partial charge is 0.335 e. The molecule has 5 heteroatoms. The van der Waals surface area contributed by atoms with Crippen LogP contribution in [-0.4, -0.2) is 21.2 Å². The van der Waals surface area contributed by atoms with Crippen molar-refractivity contribution in [2.24, 2.45) is 0 Å². The summed E-state index contributed by atoms with van der Waals surface area (Å²) in [6.45, 7) is 2.07. The molecule has 1 N–H and O–H groups in total. The van der Waals surface area contributed by atoms with Crippen molar-refractivity contribution in [3.63, 3.8) is 0 Å². The number of rotatable bonds is 5. The highest BCUT2D eigenvalue weighted by atomic mass is 16.5. The van der Waals surface area contributed by atoms with E-state index in [-0.39, 0.29) is 11.5 Å². The van der Waals surface area contributed by atoms with Crippen molar-refractivity contribution in [2.75, 3.05) is 0 Å². The minimum Gasteiger partial charge on any atom is -0.478 e. The number of fused-ring (bicyclic) bond motifs is 1. The standard InChI is InChI=1S/C27H20N2O3/c1-17(23-8-4-6-20-5-2-3-7-24(20)23)26-28-25(29-32-26)21-13-9-18(10-14-21)19-11-15-22(16-12-19)27(30)31/h2-17H,1H3,(H,30,31). The summed E-state index contributed by atoms with van der Waals surface area (Å²) in [6, 6.07) is 29.2. The first-order valence-corrected chi connectivity index (χ1v) is 10.4. The number of aromatic nitrogens is 2. The molecule has 0 saturated carbocycles. The third-order valence-electron chi connectivity index (χ3n) is 5.71. The normalized spacial score (nSPS) is 12.0. The van der Waals surface area contributed by atoms with Crippen LogP contribution < -0.4 is 0 Å². The van der Waals surface area contributed by atoms with Gasteiger partial charge in [0.05, 0.1) is 11.5 Å². The fourth-order valence-electron chi connectivity index (χ4n) is 3.91. The van der Waals surface area contributed by atoms with Gasteiger partial charge in [0.1, 0.15) is 0 Å². The number of hydrogen-bond donors (Lipinski definition) is 1. The highest BCUT2D eigenvalue weighted by molar-refractivity contribution is 5.88. The molecule has 1 unspecified atom stereocenters. The SMILES string of the molecule is CC(c1nc(-c2ccc(-c3ccc(C(=O)O)cc3)cc2)no1)c1cccc2ccccc12. The van der Waals surface area contributed by atoms with E-state index in [0.717, 1.165) is 22.3 Å². The number of nitrogens with zero attached hydrogens (tertiary/aromatic N) is 2. The number of carbonyl (C=O) groups is 1. The second kappa shape index (κ2) is 8.12. The molecule has 5 rings (SSSR count). The van der Waals surface area contributed by atoms with Gasteiger partial charge in [0.25, 0.3) is 0 Å². The highest BCUT2D eigenvalue weighted by Gasteiger charge is 2.19. The summed E-state index contributed by atoms with van der Waals surface area (Å²) in [7, 11) is 0. The lowest BCUT2D eigenvalue weighted by Crippen LogP contribution is -1.97. The average molecular weight is 420 g/mol. The zero-order valence-electron chi connectivity index (χ0n) is 17.4. The molecular weight excluding hydrogens is 400 g/mol. The Balaban J connectivity index is 1.40. The molecule has 1 heterocycles. The second-order valence-electron chi connectivity index (χ2n) is 7.71. The van der Waals surface area contributed by atoms with Gasteiger partial charge in [-0.2, -0.15) is 4.98 Å². The number of carboxylic acid groups (broad SMARTS) is 1. The lowest BCUT2D eigenvalue weighted by Gasteiger charge is -2.10. The molecule has 0 spiro atoms. The third-order valence-corrected chi connectivity index (χ3v) is 5.71. The van der Waals surface area contributed by atoms with Gasteiger partial charge < -0.3 is 9.63 Å². The van der Waals surface area contributed by atoms with Gasteiger partial charge in [-0.25, -0.2) is 4.79 Å². The first kappa shape index (κ1) is 19.7. The van der Waals surface area contributed by atoms with Gasteiger partial charge in [-0.3, -0.25) is 0 Å². The Labute approximate surface area is 185 Å². The van der Waals surface area contributed by atoms with Crippen molar-refractivity contribution in [1.82, 2.24) is 10.1 Å². The molecule has 0 bridgehead atoms. The molecule has 1 atom stereocenters. The minimum absolute atomic E-state index is 0.0330. The van der Waals surface area contributed by atoms with Crippen LogP contribution in [0.5, 0.6) is 0 Å². The summed E-state index contributed by atoms with van der Waals surface area (Å²) in [4.78, 5) is 15.7. The van der Waals surface area contributed by atoms with Crippen LogP contribution in [0, 0.1) is 0 Å². The maximum atomic E-state index is 11.0. The molecule has 0 aliphatic rings. The Morgan fingerprint density at radius 2 is 1.44 bits per heavy atom. The average Bonchev–Trinajstić information content (AvgIpc) is 3.34. The van der Waals surface area contributed by atoms with Crippen LogP contribution in [-0.2, 0) is 0 Å². The Kier molecular flexibility index (Phi) is 5.00. The molecule has 0 aliphatic carbocycles. The largest absolute Gasteiger partial charge is 0.478 e. The predicted octanol–water partition coefficient (Wildman–Crippen LogP) is 6.41. The van der Waals surface area contributed by atoms with Gasteiger partial charge in [-0.05, 0) is 46.5 Å². The van der Waals surface area contributed by atoms with Crippen LogP contribution in [0.2, 0.25) is 0 Å². The number of benzene rings is 4. The summed E-state index contributed by atoms with van der Waals surface area (Å²) in [6.07, 6.45) is 0. The van der Waals surface area contributed by atoms with Crippen LogP contribution in [0.25, 0.3) is 33.3 Å². The van der Waals surface area contributed by atoms with E-state index in [1.54, 1.807) is 24.3 Å². The van der Waals surface area contributed by atoms with E-state index < -0.39 is 5.97 Å². The molecular formula is C27H20N2O3. The highest BCUT2D eigenvalue weighted by Crippen LogP contribution is 2.31. The van der Waals surface area contributed by atoms with Crippen LogP contribution in [0.4, 0.5) is 0 Å². The molecule has 0 aliphatic heterocycles. The maximum Gasteiger partial charge on any atom is 0.335 e. The predicted molar refractivity (Wildman–Crippen MR) is 124 cm³/mol. The van der Waals surface area contributed by atoms with Gasteiger partial charge in [-0.1, -0.05) is 84.0 Å². The molecule has 1 aromatic heterocycles. The Bertz CT molecular complexity index is 1400. The van der Waals surface area contributed by atoms with Gasteiger partial charge in [0.2, 0.25) is 11.7 Å². The van der Waals surface area contributed by atoms with E-state index in [1.165, 1.54) is 10.8 Å². The summed E-state index contributed by atoms with van der Waals surface area (Å²) in [5.41, 5.74) is 4.21. The first-order chi connectivity index (χ1) is 15.6. The van der Waals surface area contributed by atoms with Gasteiger partial charge in [0.15, 0.2) is 0 Å². The van der Waals surface area contributed by atoms with Gasteiger partial charge in [-0.15, -0.1) is 0 Å². The van der Waals surface area contributed by atoms with E-state index in [4.69, 9.17) is 9.63 Å². The van der Waals surface area contributed by atoms with Crippen molar-refractivity contribution in [3.8, 4) is 22.5 Å². The van der Waals surface area contributed by atoms with E-state index in [1.807, 2.05) is 42.5 Å². The quantitative estimate of drug-likeness (QED) is 0.356. The van der Waals surface area contributed by atoms with E-state index in [2.05, 4.69) is 41.3 Å². The molecule has 0 fully saturated rings. The lowest BCUT2D eigenvalue weighted by molar-refractivity contribution is 0.0697. The topological polar surface area (TPSA) is 76.2 Å². The summed E-state index contributed by atoms with van der Waals surface area (Å²) in [5, 5.41) is 15.6.